The van der Waals surface area contributed by atoms with E-state index >= 15 is 0 Å². The highest BCUT2D eigenvalue weighted by atomic mass is 35.5. The van der Waals surface area contributed by atoms with E-state index in [-0.39, 0.29) is 6.42 Å². The summed E-state index contributed by atoms with van der Waals surface area (Å²) in [5, 5.41) is 9.44. The maximum atomic E-state index is 10.8. The van der Waals surface area contributed by atoms with E-state index in [1.807, 2.05) is 13.0 Å². The van der Waals surface area contributed by atoms with Crippen LogP contribution in [0.15, 0.2) is 36.4 Å². The first-order chi connectivity index (χ1) is 12.4. The highest BCUT2D eigenvalue weighted by molar-refractivity contribution is 6.30. The molecule has 0 aromatic heterocycles. The van der Waals surface area contributed by atoms with Crippen molar-refractivity contribution in [3.8, 4) is 11.5 Å². The van der Waals surface area contributed by atoms with Crippen LogP contribution >= 0.6 is 11.6 Å². The Bertz CT molecular complexity index is 756. The first-order valence-corrected chi connectivity index (χ1v) is 9.11. The average molecular weight is 377 g/mol. The van der Waals surface area contributed by atoms with Gasteiger partial charge in [0.1, 0.15) is 24.7 Å². The Balaban J connectivity index is 1.96. The largest absolute Gasteiger partial charge is 0.490 e. The van der Waals surface area contributed by atoms with Gasteiger partial charge in [0.2, 0.25) is 0 Å². The van der Waals surface area contributed by atoms with E-state index in [4.69, 9.17) is 26.2 Å². The molecule has 0 aliphatic carbocycles. The summed E-state index contributed by atoms with van der Waals surface area (Å²) in [6, 6.07) is 11.5. The molecule has 2 rings (SSSR count). The van der Waals surface area contributed by atoms with Gasteiger partial charge in [0.05, 0.1) is 0 Å². The average Bonchev–Trinajstić information content (AvgIpc) is 2.58. The van der Waals surface area contributed by atoms with Crippen LogP contribution in [0.3, 0.4) is 0 Å². The third-order valence-electron chi connectivity index (χ3n) is 4.02. The Morgan fingerprint density at radius 1 is 1.08 bits per heavy atom. The smallest absolute Gasteiger partial charge is 0.303 e. The predicted octanol–water partition coefficient (Wildman–Crippen LogP) is 5.25. The lowest BCUT2D eigenvalue weighted by atomic mass is 10.0. The summed E-state index contributed by atoms with van der Waals surface area (Å²) >= 11 is 6.01. The molecule has 0 bridgehead atoms. The van der Waals surface area contributed by atoms with Crippen LogP contribution < -0.4 is 9.47 Å². The quantitative estimate of drug-likeness (QED) is 0.607. The van der Waals surface area contributed by atoms with Gasteiger partial charge in [-0.25, -0.2) is 0 Å². The third-order valence-corrected chi connectivity index (χ3v) is 4.26. The monoisotopic (exact) mass is 376 g/mol. The molecular formula is C21H25ClO4. The third kappa shape index (κ3) is 5.95. The van der Waals surface area contributed by atoms with Crippen molar-refractivity contribution in [1.29, 1.82) is 0 Å². The number of hydrogen-bond donors (Lipinski definition) is 1. The van der Waals surface area contributed by atoms with E-state index in [0.717, 1.165) is 16.9 Å². The van der Waals surface area contributed by atoms with Crippen molar-refractivity contribution < 1.29 is 19.4 Å². The van der Waals surface area contributed by atoms with Crippen LogP contribution in [-0.2, 0) is 11.2 Å². The second-order valence-electron chi connectivity index (χ2n) is 6.54. The van der Waals surface area contributed by atoms with Crippen LogP contribution in [0, 0.1) is 6.92 Å². The maximum absolute atomic E-state index is 10.8. The number of aryl methyl sites for hydroxylation is 2. The van der Waals surface area contributed by atoms with Crippen molar-refractivity contribution >= 4 is 17.6 Å². The number of ether oxygens (including phenoxy) is 2. The van der Waals surface area contributed by atoms with E-state index in [2.05, 4.69) is 26.0 Å². The van der Waals surface area contributed by atoms with Crippen LogP contribution in [0.25, 0.3) is 0 Å². The minimum atomic E-state index is -0.847. The zero-order valence-electron chi connectivity index (χ0n) is 15.4. The lowest BCUT2D eigenvalue weighted by Crippen LogP contribution is -2.11. The topological polar surface area (TPSA) is 55.8 Å². The molecule has 0 amide bonds. The standard InChI is InChI=1S/C21H25ClO4/c1-14(2)18-7-4-15(3)12-20(18)26-11-10-25-19-8-6-17(22)13-16(19)5-9-21(23)24/h4,6-8,12-14H,5,9-11H2,1-3H3,(H,23,24). The number of carboxylic acids is 1. The molecule has 0 aliphatic heterocycles. The molecule has 140 valence electrons. The molecule has 0 aliphatic rings. The molecule has 0 atom stereocenters. The Labute approximate surface area is 159 Å². The fourth-order valence-corrected chi connectivity index (χ4v) is 2.87. The van der Waals surface area contributed by atoms with Gasteiger partial charge in [0.15, 0.2) is 0 Å². The molecule has 4 nitrogen and oxygen atoms in total. The van der Waals surface area contributed by atoms with E-state index in [9.17, 15) is 4.79 Å². The fourth-order valence-electron chi connectivity index (χ4n) is 2.67. The summed E-state index contributed by atoms with van der Waals surface area (Å²) in [4.78, 5) is 10.8. The number of aliphatic carboxylic acids is 1. The summed E-state index contributed by atoms with van der Waals surface area (Å²) in [6.45, 7) is 7.08. The van der Waals surface area contributed by atoms with Crippen LogP contribution in [0.2, 0.25) is 5.02 Å². The van der Waals surface area contributed by atoms with Crippen LogP contribution in [0.4, 0.5) is 0 Å². The lowest BCUT2D eigenvalue weighted by molar-refractivity contribution is -0.136. The predicted molar refractivity (Wildman–Crippen MR) is 104 cm³/mol. The molecule has 0 unspecified atom stereocenters. The summed E-state index contributed by atoms with van der Waals surface area (Å²) in [7, 11) is 0. The van der Waals surface area contributed by atoms with Gasteiger partial charge in [0.25, 0.3) is 0 Å². The second-order valence-corrected chi connectivity index (χ2v) is 6.98. The number of hydrogen-bond acceptors (Lipinski definition) is 3. The van der Waals surface area contributed by atoms with Crippen molar-refractivity contribution in [3.63, 3.8) is 0 Å². The SMILES string of the molecule is Cc1ccc(C(C)C)c(OCCOc2ccc(Cl)cc2CCC(=O)O)c1. The molecule has 26 heavy (non-hydrogen) atoms. The van der Waals surface area contributed by atoms with Crippen molar-refractivity contribution in [2.45, 2.75) is 39.5 Å². The minimum Gasteiger partial charge on any atom is -0.490 e. The van der Waals surface area contributed by atoms with Crippen LogP contribution in [-0.4, -0.2) is 24.3 Å². The van der Waals surface area contributed by atoms with Gasteiger partial charge < -0.3 is 14.6 Å². The normalized spacial score (nSPS) is 10.8. The Hall–Kier alpha value is -2.20. The van der Waals surface area contributed by atoms with Crippen molar-refractivity contribution in [2.24, 2.45) is 0 Å². The molecule has 0 saturated heterocycles. The summed E-state index contributed by atoms with van der Waals surface area (Å²) in [5.74, 6) is 1.06. The van der Waals surface area contributed by atoms with E-state index < -0.39 is 5.97 Å². The lowest BCUT2D eigenvalue weighted by Gasteiger charge is -2.16. The molecular weight excluding hydrogens is 352 g/mol. The van der Waals surface area contributed by atoms with E-state index in [1.165, 1.54) is 5.56 Å². The minimum absolute atomic E-state index is 0.0360. The van der Waals surface area contributed by atoms with Gasteiger partial charge in [-0.05, 0) is 60.2 Å². The number of benzene rings is 2. The van der Waals surface area contributed by atoms with Crippen LogP contribution in [0.1, 0.15) is 42.9 Å². The molecule has 0 radical (unpaired) electrons. The molecule has 2 aromatic carbocycles. The highest BCUT2D eigenvalue weighted by Crippen LogP contribution is 2.28. The second kappa shape index (κ2) is 9.48. The Morgan fingerprint density at radius 3 is 2.42 bits per heavy atom. The summed E-state index contributed by atoms with van der Waals surface area (Å²) in [5.41, 5.74) is 3.11. The van der Waals surface area contributed by atoms with Gasteiger partial charge in [-0.3, -0.25) is 4.79 Å². The van der Waals surface area contributed by atoms with Gasteiger partial charge in [0, 0.05) is 11.4 Å². The molecule has 2 aromatic rings. The Morgan fingerprint density at radius 2 is 1.77 bits per heavy atom. The van der Waals surface area contributed by atoms with Gasteiger partial charge in [-0.1, -0.05) is 37.6 Å². The molecule has 0 heterocycles. The van der Waals surface area contributed by atoms with Gasteiger partial charge >= 0.3 is 5.97 Å². The molecule has 0 spiro atoms. The van der Waals surface area contributed by atoms with Crippen molar-refractivity contribution in [3.05, 3.63) is 58.1 Å². The zero-order chi connectivity index (χ0) is 19.1. The first kappa shape index (κ1) is 20.1. The summed E-state index contributed by atoms with van der Waals surface area (Å²) < 4.78 is 11.7. The first-order valence-electron chi connectivity index (χ1n) is 8.73. The fraction of sp³-hybridized carbons (Fsp3) is 0.381. The Kier molecular flexibility index (Phi) is 7.34. The molecule has 0 fully saturated rings. The number of rotatable bonds is 9. The summed E-state index contributed by atoms with van der Waals surface area (Å²) in [6.07, 6.45) is 0.412. The molecule has 5 heteroatoms. The zero-order valence-corrected chi connectivity index (χ0v) is 16.2. The highest BCUT2D eigenvalue weighted by Gasteiger charge is 2.10. The maximum Gasteiger partial charge on any atom is 0.303 e. The van der Waals surface area contributed by atoms with Crippen molar-refractivity contribution in [2.75, 3.05) is 13.2 Å². The van der Waals surface area contributed by atoms with E-state index in [1.54, 1.807) is 18.2 Å². The number of carboxylic acid groups (broad SMARTS) is 1. The van der Waals surface area contributed by atoms with Gasteiger partial charge in [-0.15, -0.1) is 0 Å². The van der Waals surface area contributed by atoms with Gasteiger partial charge in [-0.2, -0.15) is 0 Å². The number of carbonyl (C=O) groups is 1. The number of halogens is 1. The molecule has 1 N–H and O–H groups in total. The van der Waals surface area contributed by atoms with E-state index in [0.29, 0.717) is 36.3 Å². The molecule has 0 saturated carbocycles. The van der Waals surface area contributed by atoms with Crippen LogP contribution in [0.5, 0.6) is 11.5 Å². The van der Waals surface area contributed by atoms with Crippen molar-refractivity contribution in [1.82, 2.24) is 0 Å².